The van der Waals surface area contributed by atoms with Gasteiger partial charge >= 0.3 is 0 Å². The molecule has 0 saturated carbocycles. The highest BCUT2D eigenvalue weighted by molar-refractivity contribution is 6.34. The van der Waals surface area contributed by atoms with Gasteiger partial charge in [0.05, 0.1) is 10.7 Å². The number of aromatic nitrogens is 1. The molecule has 1 heterocycles. The molecule has 0 spiro atoms. The summed E-state index contributed by atoms with van der Waals surface area (Å²) < 4.78 is 5.55. The predicted octanol–water partition coefficient (Wildman–Crippen LogP) is 4.07. The van der Waals surface area contributed by atoms with Crippen molar-refractivity contribution in [1.82, 2.24) is 4.98 Å². The van der Waals surface area contributed by atoms with Crippen molar-refractivity contribution in [2.45, 2.75) is 6.92 Å². The molecule has 0 saturated heterocycles. The Balaban J connectivity index is 2.38. The molecule has 1 aromatic heterocycles. The molecule has 88 valence electrons. The van der Waals surface area contributed by atoms with E-state index in [9.17, 15) is 0 Å². The third-order valence-corrected chi connectivity index (χ3v) is 2.82. The number of hydrogen-bond donors (Lipinski definition) is 1. The van der Waals surface area contributed by atoms with Crippen LogP contribution < -0.4 is 10.5 Å². The Morgan fingerprint density at radius 3 is 2.76 bits per heavy atom. The summed E-state index contributed by atoms with van der Waals surface area (Å²) in [6.45, 7) is 1.88. The number of nitrogens with zero attached hydrogens (tertiary/aromatic N) is 1. The number of halogens is 2. The standard InChI is InChI=1S/C12H10Cl2N2O/c1-7-4-5-16-12(11(7)15)17-10-6-8(13)2-3-9(10)14/h2-6H,15H2,1H3. The van der Waals surface area contributed by atoms with Crippen LogP contribution in [-0.2, 0) is 0 Å². The summed E-state index contributed by atoms with van der Waals surface area (Å²) in [7, 11) is 0. The minimum Gasteiger partial charge on any atom is -0.435 e. The van der Waals surface area contributed by atoms with E-state index in [0.717, 1.165) is 5.56 Å². The van der Waals surface area contributed by atoms with Crippen molar-refractivity contribution in [2.24, 2.45) is 0 Å². The third-order valence-electron chi connectivity index (χ3n) is 2.27. The number of pyridine rings is 1. The fourth-order valence-electron chi connectivity index (χ4n) is 1.29. The number of ether oxygens (including phenoxy) is 1. The first kappa shape index (κ1) is 12.0. The second-order valence-corrected chi connectivity index (χ2v) is 4.37. The van der Waals surface area contributed by atoms with Crippen LogP contribution in [0.1, 0.15) is 5.56 Å². The summed E-state index contributed by atoms with van der Waals surface area (Å²) in [4.78, 5) is 4.06. The Hall–Kier alpha value is -1.45. The van der Waals surface area contributed by atoms with Crippen molar-refractivity contribution >= 4 is 28.9 Å². The lowest BCUT2D eigenvalue weighted by atomic mass is 10.2. The highest BCUT2D eigenvalue weighted by Gasteiger charge is 2.09. The first-order chi connectivity index (χ1) is 8.08. The van der Waals surface area contributed by atoms with Crippen LogP contribution in [0.15, 0.2) is 30.5 Å². The van der Waals surface area contributed by atoms with E-state index in [1.807, 2.05) is 13.0 Å². The molecule has 0 fully saturated rings. The zero-order valence-electron chi connectivity index (χ0n) is 9.08. The highest BCUT2D eigenvalue weighted by atomic mass is 35.5. The lowest BCUT2D eigenvalue weighted by molar-refractivity contribution is 0.465. The molecule has 17 heavy (non-hydrogen) atoms. The maximum Gasteiger partial charge on any atom is 0.242 e. The van der Waals surface area contributed by atoms with Crippen LogP contribution in [0.3, 0.4) is 0 Å². The number of aryl methyl sites for hydroxylation is 1. The molecule has 1 aromatic carbocycles. The molecule has 2 aromatic rings. The van der Waals surface area contributed by atoms with Crippen LogP contribution in [-0.4, -0.2) is 4.98 Å². The van der Waals surface area contributed by atoms with Crippen molar-refractivity contribution < 1.29 is 4.74 Å². The van der Waals surface area contributed by atoms with Gasteiger partial charge in [-0.1, -0.05) is 23.2 Å². The van der Waals surface area contributed by atoms with Crippen LogP contribution in [0, 0.1) is 6.92 Å². The van der Waals surface area contributed by atoms with Crippen molar-refractivity contribution in [1.29, 1.82) is 0 Å². The van der Waals surface area contributed by atoms with E-state index in [-0.39, 0.29) is 0 Å². The number of benzene rings is 1. The molecule has 0 aliphatic rings. The third kappa shape index (κ3) is 2.62. The van der Waals surface area contributed by atoms with E-state index < -0.39 is 0 Å². The Kier molecular flexibility index (Phi) is 3.41. The summed E-state index contributed by atoms with van der Waals surface area (Å²) in [6, 6.07) is 6.77. The second-order valence-electron chi connectivity index (χ2n) is 3.52. The minimum atomic E-state index is 0.328. The fraction of sp³-hybridized carbons (Fsp3) is 0.0833. The summed E-state index contributed by atoms with van der Waals surface area (Å²) >= 11 is 11.8. The molecule has 5 heteroatoms. The first-order valence-corrected chi connectivity index (χ1v) is 5.67. The van der Waals surface area contributed by atoms with E-state index in [1.54, 1.807) is 24.4 Å². The van der Waals surface area contributed by atoms with Crippen LogP contribution in [0.5, 0.6) is 11.6 Å². The zero-order chi connectivity index (χ0) is 12.4. The lowest BCUT2D eigenvalue weighted by Gasteiger charge is -2.10. The Morgan fingerprint density at radius 2 is 2.00 bits per heavy atom. The molecule has 0 amide bonds. The van der Waals surface area contributed by atoms with Crippen molar-refractivity contribution in [2.75, 3.05) is 5.73 Å². The Morgan fingerprint density at radius 1 is 1.24 bits per heavy atom. The van der Waals surface area contributed by atoms with Gasteiger partial charge < -0.3 is 10.5 Å². The van der Waals surface area contributed by atoms with Gasteiger partial charge in [0.15, 0.2) is 0 Å². The molecule has 3 nitrogen and oxygen atoms in total. The predicted molar refractivity (Wildman–Crippen MR) is 69.9 cm³/mol. The van der Waals surface area contributed by atoms with Gasteiger partial charge in [0.25, 0.3) is 0 Å². The first-order valence-electron chi connectivity index (χ1n) is 4.92. The van der Waals surface area contributed by atoms with E-state index >= 15 is 0 Å². The van der Waals surface area contributed by atoms with Crippen molar-refractivity contribution in [3.05, 3.63) is 46.1 Å². The smallest absolute Gasteiger partial charge is 0.242 e. The minimum absolute atomic E-state index is 0.328. The molecule has 2 rings (SSSR count). The van der Waals surface area contributed by atoms with E-state index in [2.05, 4.69) is 4.98 Å². The van der Waals surface area contributed by atoms with Gasteiger partial charge in [0.1, 0.15) is 5.75 Å². The molecule has 2 N–H and O–H groups in total. The maximum absolute atomic E-state index is 5.99. The SMILES string of the molecule is Cc1ccnc(Oc2cc(Cl)ccc2Cl)c1N. The van der Waals surface area contributed by atoms with E-state index in [0.29, 0.717) is 27.4 Å². The number of nitrogen functional groups attached to an aromatic ring is 1. The summed E-state index contributed by atoms with van der Waals surface area (Å²) in [6.07, 6.45) is 1.62. The topological polar surface area (TPSA) is 48.1 Å². The molecule has 0 radical (unpaired) electrons. The molecular formula is C12H10Cl2N2O. The summed E-state index contributed by atoms with van der Waals surface area (Å²) in [5, 5.41) is 0.993. The molecule has 0 bridgehead atoms. The number of rotatable bonds is 2. The monoisotopic (exact) mass is 268 g/mol. The lowest BCUT2D eigenvalue weighted by Crippen LogP contribution is -1.97. The number of nitrogens with two attached hydrogens (primary N) is 1. The van der Waals surface area contributed by atoms with Gasteiger partial charge in [-0.05, 0) is 30.7 Å². The maximum atomic E-state index is 5.99. The Labute approximate surface area is 109 Å². The fourth-order valence-corrected chi connectivity index (χ4v) is 1.60. The van der Waals surface area contributed by atoms with Crippen LogP contribution in [0.4, 0.5) is 5.69 Å². The highest BCUT2D eigenvalue weighted by Crippen LogP contribution is 2.33. The molecule has 0 aliphatic heterocycles. The van der Waals surface area contributed by atoms with Crippen LogP contribution in [0.2, 0.25) is 10.0 Å². The van der Waals surface area contributed by atoms with Gasteiger partial charge in [-0.2, -0.15) is 0 Å². The molecule has 0 unspecified atom stereocenters. The van der Waals surface area contributed by atoms with Crippen LogP contribution >= 0.6 is 23.2 Å². The largest absolute Gasteiger partial charge is 0.435 e. The van der Waals surface area contributed by atoms with Crippen LogP contribution in [0.25, 0.3) is 0 Å². The average molecular weight is 269 g/mol. The van der Waals surface area contributed by atoms with Gasteiger partial charge in [-0.15, -0.1) is 0 Å². The second kappa shape index (κ2) is 4.82. The van der Waals surface area contributed by atoms with Gasteiger partial charge in [0.2, 0.25) is 5.88 Å². The number of hydrogen-bond acceptors (Lipinski definition) is 3. The van der Waals surface area contributed by atoms with Gasteiger partial charge in [-0.25, -0.2) is 4.98 Å². The quantitative estimate of drug-likeness (QED) is 0.893. The van der Waals surface area contributed by atoms with E-state index in [1.165, 1.54) is 0 Å². The van der Waals surface area contributed by atoms with Crippen molar-refractivity contribution in [3.63, 3.8) is 0 Å². The normalized spacial score (nSPS) is 10.3. The Bertz CT molecular complexity index is 558. The summed E-state index contributed by atoms with van der Waals surface area (Å²) in [5.41, 5.74) is 7.24. The van der Waals surface area contributed by atoms with Gasteiger partial charge in [0, 0.05) is 17.3 Å². The average Bonchev–Trinajstić information content (AvgIpc) is 2.30. The molecule has 0 atom stereocenters. The van der Waals surface area contributed by atoms with Gasteiger partial charge in [-0.3, -0.25) is 0 Å². The van der Waals surface area contributed by atoms with Crippen molar-refractivity contribution in [3.8, 4) is 11.6 Å². The summed E-state index contributed by atoms with van der Waals surface area (Å²) in [5.74, 6) is 0.762. The number of anilines is 1. The van der Waals surface area contributed by atoms with E-state index in [4.69, 9.17) is 33.7 Å². The zero-order valence-corrected chi connectivity index (χ0v) is 10.6. The molecule has 0 aliphatic carbocycles. The molecular weight excluding hydrogens is 259 g/mol.